The Morgan fingerprint density at radius 2 is 1.85 bits per heavy atom. The molecule has 3 aromatic heterocycles. The van der Waals surface area contributed by atoms with Crippen molar-refractivity contribution in [2.45, 2.75) is 13.8 Å². The Bertz CT molecular complexity index is 1130. The van der Waals surface area contributed by atoms with Crippen LogP contribution in [0.3, 0.4) is 0 Å². The highest BCUT2D eigenvalue weighted by Crippen LogP contribution is 2.39. The predicted molar refractivity (Wildman–Crippen MR) is 103 cm³/mol. The van der Waals surface area contributed by atoms with Crippen molar-refractivity contribution in [3.05, 3.63) is 54.2 Å². The Morgan fingerprint density at radius 3 is 2.56 bits per heavy atom. The van der Waals surface area contributed by atoms with Gasteiger partial charge in [0, 0.05) is 23.1 Å². The number of ether oxygens (including phenoxy) is 1. The van der Waals surface area contributed by atoms with Gasteiger partial charge in [-0.05, 0) is 37.6 Å². The maximum absolute atomic E-state index is 13.5. The van der Waals surface area contributed by atoms with E-state index in [0.717, 1.165) is 16.8 Å². The molecule has 0 aliphatic rings. The zero-order valence-corrected chi connectivity index (χ0v) is 15.4. The van der Waals surface area contributed by atoms with E-state index in [-0.39, 0.29) is 18.3 Å². The van der Waals surface area contributed by atoms with Gasteiger partial charge in [-0.1, -0.05) is 12.1 Å². The molecule has 0 saturated heterocycles. The lowest BCUT2D eigenvalue weighted by molar-refractivity contribution is 0.440. The number of nitrogen functional groups attached to an aromatic ring is 1. The summed E-state index contributed by atoms with van der Waals surface area (Å²) in [5, 5.41) is 0.621. The van der Waals surface area contributed by atoms with Gasteiger partial charge in [-0.15, -0.1) is 3.89 Å². The molecular weight excluding hydrogens is 367 g/mol. The lowest BCUT2D eigenvalue weighted by Gasteiger charge is -2.07. The maximum Gasteiger partial charge on any atom is 0.322 e. The molecule has 9 heteroatoms. The summed E-state index contributed by atoms with van der Waals surface area (Å²) in [5.41, 5.74) is 9.63. The lowest BCUT2D eigenvalue weighted by atomic mass is 10.0. The lowest BCUT2D eigenvalue weighted by Crippen LogP contribution is -1.94. The van der Waals surface area contributed by atoms with Crippen molar-refractivity contribution in [3.63, 3.8) is 0 Å². The third-order valence-corrected chi connectivity index (χ3v) is 4.74. The van der Waals surface area contributed by atoms with Crippen LogP contribution in [0.1, 0.15) is 11.4 Å². The van der Waals surface area contributed by atoms with E-state index in [1.54, 1.807) is 24.4 Å². The highest BCUT2D eigenvalue weighted by Gasteiger charge is 2.20. The van der Waals surface area contributed by atoms with Crippen LogP contribution in [0.25, 0.3) is 22.2 Å². The minimum atomic E-state index is 0.0850. The average Bonchev–Trinajstić information content (AvgIpc) is 2.95. The molecule has 136 valence electrons. The largest absolute Gasteiger partial charge is 0.424 e. The number of anilines is 1. The van der Waals surface area contributed by atoms with Crippen molar-refractivity contribution in [2.24, 2.45) is 0 Å². The Kier molecular flexibility index (Phi) is 4.36. The van der Waals surface area contributed by atoms with Crippen LogP contribution in [0.15, 0.2) is 42.9 Å². The number of halogens is 1. The standard InChI is InChI=1S/C18H15FN6OS/c1-10-7-8-21-18(24-10)26-13-5-3-12(4-6-13)14-11(2)25(27-19)17-15(14)16(20)22-9-23-17/h3-9H,1-2H3,(H2,20,22,23). The van der Waals surface area contributed by atoms with Gasteiger partial charge in [0.2, 0.25) is 0 Å². The number of hydrogen-bond acceptors (Lipinski definition) is 7. The predicted octanol–water partition coefficient (Wildman–Crippen LogP) is 4.26. The molecule has 0 bridgehead atoms. The van der Waals surface area contributed by atoms with E-state index in [2.05, 4.69) is 19.9 Å². The van der Waals surface area contributed by atoms with Gasteiger partial charge in [-0.25, -0.2) is 23.9 Å². The smallest absolute Gasteiger partial charge is 0.322 e. The Labute approximate surface area is 158 Å². The van der Waals surface area contributed by atoms with Crippen LogP contribution >= 0.6 is 12.3 Å². The second-order valence-electron chi connectivity index (χ2n) is 5.89. The molecule has 0 amide bonds. The van der Waals surface area contributed by atoms with E-state index in [4.69, 9.17) is 10.5 Å². The van der Waals surface area contributed by atoms with Crippen molar-refractivity contribution in [2.75, 3.05) is 5.73 Å². The minimum Gasteiger partial charge on any atom is -0.424 e. The molecule has 0 atom stereocenters. The van der Waals surface area contributed by atoms with Gasteiger partial charge >= 0.3 is 6.01 Å². The van der Waals surface area contributed by atoms with Crippen molar-refractivity contribution in [3.8, 4) is 22.9 Å². The molecule has 27 heavy (non-hydrogen) atoms. The molecule has 0 spiro atoms. The van der Waals surface area contributed by atoms with Gasteiger partial charge < -0.3 is 10.5 Å². The zero-order valence-electron chi connectivity index (χ0n) is 14.5. The Morgan fingerprint density at radius 1 is 1.07 bits per heavy atom. The first-order valence-corrected chi connectivity index (χ1v) is 8.74. The first-order chi connectivity index (χ1) is 13.1. The fourth-order valence-electron chi connectivity index (χ4n) is 2.93. The highest BCUT2D eigenvalue weighted by atomic mass is 32.2. The number of nitrogens with zero attached hydrogens (tertiary/aromatic N) is 5. The third kappa shape index (κ3) is 3.06. The molecule has 0 fully saturated rings. The van der Waals surface area contributed by atoms with E-state index >= 15 is 0 Å². The fourth-order valence-corrected chi connectivity index (χ4v) is 3.33. The summed E-state index contributed by atoms with van der Waals surface area (Å²) in [6, 6.07) is 9.41. The first-order valence-electron chi connectivity index (χ1n) is 8.07. The van der Waals surface area contributed by atoms with Crippen LogP contribution < -0.4 is 10.5 Å². The van der Waals surface area contributed by atoms with Gasteiger partial charge in [-0.2, -0.15) is 0 Å². The zero-order chi connectivity index (χ0) is 19.0. The SMILES string of the molecule is Cc1ccnc(Oc2ccc(-c3c(C)n(SF)c4ncnc(N)c34)cc2)n1. The summed E-state index contributed by atoms with van der Waals surface area (Å²) in [5.74, 6) is 0.897. The van der Waals surface area contributed by atoms with Crippen molar-refractivity contribution >= 4 is 29.2 Å². The first kappa shape index (κ1) is 17.2. The number of hydrogen-bond donors (Lipinski definition) is 1. The van der Waals surface area contributed by atoms with Gasteiger partial charge in [-0.3, -0.25) is 0 Å². The second-order valence-corrected chi connectivity index (χ2v) is 6.39. The minimum absolute atomic E-state index is 0.0850. The van der Waals surface area contributed by atoms with Gasteiger partial charge in [0.1, 0.15) is 17.9 Å². The summed E-state index contributed by atoms with van der Waals surface area (Å²) in [6.07, 6.45) is 2.97. The summed E-state index contributed by atoms with van der Waals surface area (Å²) in [4.78, 5) is 16.5. The topological polar surface area (TPSA) is 91.7 Å². The maximum atomic E-state index is 13.5. The van der Waals surface area contributed by atoms with E-state index < -0.39 is 0 Å². The Hall–Kier alpha value is -3.20. The van der Waals surface area contributed by atoms with Crippen LogP contribution in [0.4, 0.5) is 9.70 Å². The van der Waals surface area contributed by atoms with Crippen molar-refractivity contribution in [1.29, 1.82) is 0 Å². The number of fused-ring (bicyclic) bond motifs is 1. The van der Waals surface area contributed by atoms with E-state index in [9.17, 15) is 3.89 Å². The summed E-state index contributed by atoms with van der Waals surface area (Å²) in [6.45, 7) is 3.68. The van der Waals surface area contributed by atoms with Crippen LogP contribution in [-0.2, 0) is 0 Å². The van der Waals surface area contributed by atoms with E-state index in [1.807, 2.05) is 26.0 Å². The summed E-state index contributed by atoms with van der Waals surface area (Å²) in [7, 11) is 0. The van der Waals surface area contributed by atoms with Gasteiger partial charge in [0.15, 0.2) is 18.0 Å². The van der Waals surface area contributed by atoms with Gasteiger partial charge in [0.05, 0.1) is 5.39 Å². The van der Waals surface area contributed by atoms with E-state index in [1.165, 1.54) is 10.3 Å². The number of nitrogens with two attached hydrogens (primary N) is 1. The molecule has 4 aromatic rings. The number of rotatable bonds is 4. The van der Waals surface area contributed by atoms with E-state index in [0.29, 0.717) is 28.3 Å². The molecule has 0 radical (unpaired) electrons. The van der Waals surface area contributed by atoms with Crippen molar-refractivity contribution in [1.82, 2.24) is 23.9 Å². The van der Waals surface area contributed by atoms with Crippen LogP contribution in [0.5, 0.6) is 11.8 Å². The average molecular weight is 382 g/mol. The molecule has 0 aliphatic heterocycles. The second kappa shape index (κ2) is 6.84. The molecule has 2 N–H and O–H groups in total. The quantitative estimate of drug-likeness (QED) is 0.564. The monoisotopic (exact) mass is 382 g/mol. The molecule has 1 aromatic carbocycles. The highest BCUT2D eigenvalue weighted by molar-refractivity contribution is 7.93. The molecule has 0 aliphatic carbocycles. The Balaban J connectivity index is 1.75. The summed E-state index contributed by atoms with van der Waals surface area (Å²) >= 11 is 0.0850. The number of aryl methyl sites for hydroxylation is 1. The molecular formula is C18H15FN6OS. The number of aromatic nitrogens is 5. The van der Waals surface area contributed by atoms with Crippen molar-refractivity contribution < 1.29 is 8.62 Å². The normalized spacial score (nSPS) is 11.1. The summed E-state index contributed by atoms with van der Waals surface area (Å²) < 4.78 is 20.5. The molecule has 4 rings (SSSR count). The molecule has 3 heterocycles. The fraction of sp³-hybridized carbons (Fsp3) is 0.111. The van der Waals surface area contributed by atoms with Gasteiger partial charge in [0.25, 0.3) is 0 Å². The molecule has 7 nitrogen and oxygen atoms in total. The van der Waals surface area contributed by atoms with Crippen LogP contribution in [0.2, 0.25) is 0 Å². The van der Waals surface area contributed by atoms with Crippen LogP contribution in [-0.4, -0.2) is 23.9 Å². The molecule has 0 saturated carbocycles. The number of benzene rings is 1. The molecule has 0 unspecified atom stereocenters. The third-order valence-electron chi connectivity index (χ3n) is 4.16. The van der Waals surface area contributed by atoms with Crippen LogP contribution in [0, 0.1) is 13.8 Å².